The molecule has 0 aromatic heterocycles. The van der Waals surface area contributed by atoms with Gasteiger partial charge in [0.2, 0.25) is 0 Å². The Morgan fingerprint density at radius 1 is 1.11 bits per heavy atom. The van der Waals surface area contributed by atoms with Gasteiger partial charge in [0, 0.05) is 11.4 Å². The molecule has 1 atom stereocenters. The van der Waals surface area contributed by atoms with E-state index in [1.807, 2.05) is 12.1 Å². The van der Waals surface area contributed by atoms with Crippen LogP contribution in [0.15, 0.2) is 36.4 Å². The summed E-state index contributed by atoms with van der Waals surface area (Å²) in [6.45, 7) is 0. The predicted molar refractivity (Wildman–Crippen MR) is 77.4 cm³/mol. The fourth-order valence-corrected chi connectivity index (χ4v) is 2.47. The Balaban J connectivity index is 0.00000120. The Morgan fingerprint density at radius 3 is 2.39 bits per heavy atom. The second kappa shape index (κ2) is 5.17. The molecule has 2 aromatic rings. The largest absolute Gasteiger partial charge is 0.496 e. The molecular formula is C15H18ClNO. The molecule has 0 aliphatic heterocycles. The van der Waals surface area contributed by atoms with Gasteiger partial charge < -0.3 is 10.5 Å². The Bertz CT molecular complexity index is 551. The van der Waals surface area contributed by atoms with Gasteiger partial charge >= 0.3 is 0 Å². The maximum atomic E-state index is 6.32. The van der Waals surface area contributed by atoms with Crippen LogP contribution in [0.2, 0.25) is 0 Å². The van der Waals surface area contributed by atoms with Gasteiger partial charge in [-0.2, -0.15) is 0 Å². The van der Waals surface area contributed by atoms with Crippen LogP contribution in [0.1, 0.15) is 24.4 Å². The zero-order chi connectivity index (χ0) is 11.8. The number of halogens is 1. The monoisotopic (exact) mass is 263 g/mol. The molecule has 0 radical (unpaired) electrons. The fourth-order valence-electron chi connectivity index (χ4n) is 2.47. The first-order valence-electron chi connectivity index (χ1n) is 6.12. The topological polar surface area (TPSA) is 35.2 Å². The summed E-state index contributed by atoms with van der Waals surface area (Å²) in [5, 5.41) is 2.38. The van der Waals surface area contributed by atoms with Gasteiger partial charge in [0.25, 0.3) is 0 Å². The van der Waals surface area contributed by atoms with Crippen LogP contribution in [0.5, 0.6) is 5.75 Å². The van der Waals surface area contributed by atoms with E-state index in [2.05, 4.69) is 24.3 Å². The fraction of sp³-hybridized carbons (Fsp3) is 0.333. The normalized spacial score (nSPS) is 16.1. The van der Waals surface area contributed by atoms with Gasteiger partial charge in [0.05, 0.1) is 7.11 Å². The van der Waals surface area contributed by atoms with Crippen molar-refractivity contribution in [2.75, 3.05) is 7.11 Å². The molecule has 1 saturated carbocycles. The minimum Gasteiger partial charge on any atom is -0.496 e. The molecule has 0 bridgehead atoms. The average molecular weight is 264 g/mol. The van der Waals surface area contributed by atoms with Crippen LogP contribution in [0.3, 0.4) is 0 Å². The van der Waals surface area contributed by atoms with E-state index >= 15 is 0 Å². The number of rotatable bonds is 3. The van der Waals surface area contributed by atoms with E-state index in [1.165, 1.54) is 23.8 Å². The number of benzene rings is 2. The van der Waals surface area contributed by atoms with Crippen LogP contribution in [-0.4, -0.2) is 7.11 Å². The molecule has 2 nitrogen and oxygen atoms in total. The number of methoxy groups -OCH3 is 1. The van der Waals surface area contributed by atoms with Crippen molar-refractivity contribution in [2.45, 2.75) is 18.9 Å². The van der Waals surface area contributed by atoms with Gasteiger partial charge in [-0.15, -0.1) is 12.4 Å². The third kappa shape index (κ3) is 2.18. The summed E-state index contributed by atoms with van der Waals surface area (Å²) < 4.78 is 5.40. The maximum absolute atomic E-state index is 6.32. The van der Waals surface area contributed by atoms with E-state index in [4.69, 9.17) is 10.5 Å². The lowest BCUT2D eigenvalue weighted by atomic mass is 9.96. The molecular weight excluding hydrogens is 246 g/mol. The SMILES string of the molecule is COc1ccc([C@@H](N)C2CC2)c2ccccc12.Cl. The van der Waals surface area contributed by atoms with E-state index < -0.39 is 0 Å². The molecule has 0 unspecified atom stereocenters. The molecule has 0 saturated heterocycles. The Labute approximate surface area is 114 Å². The molecule has 1 fully saturated rings. The second-order valence-electron chi connectivity index (χ2n) is 4.77. The first-order valence-corrected chi connectivity index (χ1v) is 6.12. The van der Waals surface area contributed by atoms with Crippen molar-refractivity contribution in [3.63, 3.8) is 0 Å². The van der Waals surface area contributed by atoms with Crippen LogP contribution in [0.25, 0.3) is 10.8 Å². The molecule has 3 heteroatoms. The first kappa shape index (κ1) is 13.2. The maximum Gasteiger partial charge on any atom is 0.126 e. The number of nitrogens with two attached hydrogens (primary N) is 1. The molecule has 18 heavy (non-hydrogen) atoms. The van der Waals surface area contributed by atoms with Gasteiger partial charge in [-0.05, 0) is 35.8 Å². The van der Waals surface area contributed by atoms with Gasteiger partial charge in [0.1, 0.15) is 5.75 Å². The average Bonchev–Trinajstić information content (AvgIpc) is 3.21. The van der Waals surface area contributed by atoms with Crippen molar-refractivity contribution >= 4 is 23.2 Å². The van der Waals surface area contributed by atoms with E-state index in [-0.39, 0.29) is 18.4 Å². The zero-order valence-electron chi connectivity index (χ0n) is 10.4. The van der Waals surface area contributed by atoms with Crippen molar-refractivity contribution in [2.24, 2.45) is 11.7 Å². The standard InChI is InChI=1S/C15H17NO.ClH/c1-17-14-9-8-13(15(16)10-6-7-10)11-4-2-3-5-12(11)14;/h2-5,8-10,15H,6-7,16H2,1H3;1H/t15-;/m0./s1. The van der Waals surface area contributed by atoms with Crippen LogP contribution >= 0.6 is 12.4 Å². The smallest absolute Gasteiger partial charge is 0.126 e. The van der Waals surface area contributed by atoms with Crippen molar-refractivity contribution in [1.29, 1.82) is 0 Å². The Hall–Kier alpha value is -1.25. The summed E-state index contributed by atoms with van der Waals surface area (Å²) in [5.74, 6) is 1.60. The van der Waals surface area contributed by atoms with Crippen molar-refractivity contribution in [3.05, 3.63) is 42.0 Å². The second-order valence-corrected chi connectivity index (χ2v) is 4.77. The van der Waals surface area contributed by atoms with Crippen molar-refractivity contribution < 1.29 is 4.74 Å². The van der Waals surface area contributed by atoms with Crippen molar-refractivity contribution in [3.8, 4) is 5.75 Å². The number of fused-ring (bicyclic) bond motifs is 1. The molecule has 1 aliphatic carbocycles. The lowest BCUT2D eigenvalue weighted by Gasteiger charge is -2.15. The molecule has 2 aromatic carbocycles. The summed E-state index contributed by atoms with van der Waals surface area (Å²) >= 11 is 0. The molecule has 0 spiro atoms. The summed E-state index contributed by atoms with van der Waals surface area (Å²) in [5.41, 5.74) is 7.57. The van der Waals surface area contributed by atoms with E-state index in [0.29, 0.717) is 5.92 Å². The summed E-state index contributed by atoms with van der Waals surface area (Å²) in [4.78, 5) is 0. The van der Waals surface area contributed by atoms with Gasteiger partial charge in [-0.3, -0.25) is 0 Å². The highest BCUT2D eigenvalue weighted by Gasteiger charge is 2.30. The number of ether oxygens (including phenoxy) is 1. The van der Waals surface area contributed by atoms with Crippen LogP contribution in [0, 0.1) is 5.92 Å². The number of hydrogen-bond donors (Lipinski definition) is 1. The summed E-state index contributed by atoms with van der Waals surface area (Å²) in [6.07, 6.45) is 2.53. The predicted octanol–water partition coefficient (Wildman–Crippen LogP) is 3.68. The van der Waals surface area contributed by atoms with Crippen LogP contribution in [-0.2, 0) is 0 Å². The van der Waals surface area contributed by atoms with Gasteiger partial charge in [-0.25, -0.2) is 0 Å². The highest BCUT2D eigenvalue weighted by molar-refractivity contribution is 5.91. The zero-order valence-corrected chi connectivity index (χ0v) is 11.2. The Morgan fingerprint density at radius 2 is 1.78 bits per heavy atom. The molecule has 3 rings (SSSR count). The summed E-state index contributed by atoms with van der Waals surface area (Å²) in [7, 11) is 1.71. The molecule has 2 N–H and O–H groups in total. The molecule has 0 heterocycles. The minimum atomic E-state index is 0. The van der Waals surface area contributed by atoms with Gasteiger partial charge in [-0.1, -0.05) is 30.3 Å². The third-order valence-corrected chi connectivity index (χ3v) is 3.63. The van der Waals surface area contributed by atoms with E-state index in [0.717, 1.165) is 11.1 Å². The Kier molecular flexibility index (Phi) is 3.79. The minimum absolute atomic E-state index is 0. The first-order chi connectivity index (χ1) is 8.31. The highest BCUT2D eigenvalue weighted by atomic mass is 35.5. The van der Waals surface area contributed by atoms with Crippen LogP contribution in [0.4, 0.5) is 0 Å². The van der Waals surface area contributed by atoms with Crippen molar-refractivity contribution in [1.82, 2.24) is 0 Å². The molecule has 0 amide bonds. The van der Waals surface area contributed by atoms with Crippen LogP contribution < -0.4 is 10.5 Å². The highest BCUT2D eigenvalue weighted by Crippen LogP contribution is 2.42. The van der Waals surface area contributed by atoms with E-state index in [9.17, 15) is 0 Å². The summed E-state index contributed by atoms with van der Waals surface area (Å²) in [6, 6.07) is 12.6. The number of hydrogen-bond acceptors (Lipinski definition) is 2. The lowest BCUT2D eigenvalue weighted by Crippen LogP contribution is -2.12. The third-order valence-electron chi connectivity index (χ3n) is 3.63. The van der Waals surface area contributed by atoms with E-state index in [1.54, 1.807) is 7.11 Å². The quantitative estimate of drug-likeness (QED) is 0.917. The van der Waals surface area contributed by atoms with Gasteiger partial charge in [0.15, 0.2) is 0 Å². The molecule has 96 valence electrons. The molecule has 1 aliphatic rings. The lowest BCUT2D eigenvalue weighted by molar-refractivity contribution is 0.419.